The minimum Gasteiger partial charge on any atom is -0.461 e. The van der Waals surface area contributed by atoms with E-state index in [2.05, 4.69) is 10.2 Å². The number of thioether (sulfide) groups is 1. The molecule has 1 amide bonds. The summed E-state index contributed by atoms with van der Waals surface area (Å²) in [7, 11) is 3.84. The van der Waals surface area contributed by atoms with E-state index >= 15 is 0 Å². The Bertz CT molecular complexity index is 827. The zero-order valence-corrected chi connectivity index (χ0v) is 19.4. The van der Waals surface area contributed by atoms with E-state index in [1.54, 1.807) is 33.1 Å². The predicted octanol–water partition coefficient (Wildman–Crippen LogP) is 2.38. The summed E-state index contributed by atoms with van der Waals surface area (Å²) in [5.41, 5.74) is -0.595. The van der Waals surface area contributed by atoms with Crippen LogP contribution in [-0.4, -0.2) is 81.5 Å². The lowest BCUT2D eigenvalue weighted by Crippen LogP contribution is -2.42. The van der Waals surface area contributed by atoms with E-state index < -0.39 is 11.6 Å². The molecule has 10 heteroatoms. The fourth-order valence-corrected chi connectivity index (χ4v) is 3.53. The summed E-state index contributed by atoms with van der Waals surface area (Å²) in [6, 6.07) is 3.61. The lowest BCUT2D eigenvalue weighted by Gasteiger charge is -2.26. The second kappa shape index (κ2) is 10.6. The van der Waals surface area contributed by atoms with Gasteiger partial charge in [0.15, 0.2) is 16.7 Å². The van der Waals surface area contributed by atoms with E-state index in [1.165, 1.54) is 16.7 Å². The van der Waals surface area contributed by atoms with Gasteiger partial charge in [-0.1, -0.05) is 11.8 Å². The van der Waals surface area contributed by atoms with E-state index in [0.717, 1.165) is 0 Å². The van der Waals surface area contributed by atoms with Crippen LogP contribution in [0.4, 0.5) is 0 Å². The average molecular weight is 438 g/mol. The van der Waals surface area contributed by atoms with Gasteiger partial charge in [-0.25, -0.2) is 0 Å². The van der Waals surface area contributed by atoms with Crippen LogP contribution < -0.4 is 0 Å². The molecule has 0 N–H and O–H groups in total. The minimum atomic E-state index is -0.595. The zero-order valence-electron chi connectivity index (χ0n) is 18.5. The lowest BCUT2D eigenvalue weighted by atomic mass is 10.2. The molecule has 0 aromatic carbocycles. The topological polar surface area (TPSA) is 93.7 Å². The maximum Gasteiger partial charge on any atom is 0.326 e. The highest BCUT2D eigenvalue weighted by Gasteiger charge is 2.23. The lowest BCUT2D eigenvalue weighted by molar-refractivity contribution is -0.158. The molecule has 30 heavy (non-hydrogen) atoms. The number of hydrogen-bond donors (Lipinski definition) is 0. The minimum absolute atomic E-state index is 0.0807. The number of carbonyl (C=O) groups is 2. The Kier molecular flexibility index (Phi) is 8.48. The summed E-state index contributed by atoms with van der Waals surface area (Å²) in [4.78, 5) is 28.6. The molecular formula is C20H31N5O4S. The van der Waals surface area contributed by atoms with Crippen LogP contribution in [0.15, 0.2) is 28.0 Å². The second-order valence-electron chi connectivity index (χ2n) is 8.02. The van der Waals surface area contributed by atoms with Crippen LogP contribution >= 0.6 is 11.8 Å². The predicted molar refractivity (Wildman–Crippen MR) is 115 cm³/mol. The van der Waals surface area contributed by atoms with Crippen LogP contribution in [-0.2, 0) is 20.9 Å². The third kappa shape index (κ3) is 7.17. The van der Waals surface area contributed by atoms with Gasteiger partial charge in [-0.15, -0.1) is 10.2 Å². The molecule has 0 bridgehead atoms. The molecule has 2 aromatic rings. The first-order valence-electron chi connectivity index (χ1n) is 9.85. The van der Waals surface area contributed by atoms with Crippen LogP contribution in [0.5, 0.6) is 0 Å². The number of furan rings is 1. The van der Waals surface area contributed by atoms with Crippen LogP contribution in [0.25, 0.3) is 11.6 Å². The SMILES string of the molecule is CCn1c(SCC(=O)N(CCN(C)C)CC(=O)OC(C)(C)C)nnc1-c1ccco1. The Morgan fingerprint density at radius 2 is 1.97 bits per heavy atom. The number of carbonyl (C=O) groups excluding carboxylic acids is 2. The molecular weight excluding hydrogens is 406 g/mol. The van der Waals surface area contributed by atoms with Crippen molar-refractivity contribution in [1.82, 2.24) is 24.6 Å². The number of aromatic nitrogens is 3. The smallest absolute Gasteiger partial charge is 0.326 e. The van der Waals surface area contributed by atoms with Crippen molar-refractivity contribution < 1.29 is 18.7 Å². The number of nitrogens with zero attached hydrogens (tertiary/aromatic N) is 5. The molecule has 0 unspecified atom stereocenters. The Hall–Kier alpha value is -2.33. The molecule has 2 heterocycles. The summed E-state index contributed by atoms with van der Waals surface area (Å²) in [5.74, 6) is 0.817. The fraction of sp³-hybridized carbons (Fsp3) is 0.600. The highest BCUT2D eigenvalue weighted by atomic mass is 32.2. The number of rotatable bonds is 10. The summed E-state index contributed by atoms with van der Waals surface area (Å²) in [5, 5.41) is 9.02. The third-order valence-corrected chi connectivity index (χ3v) is 4.96. The molecule has 9 nitrogen and oxygen atoms in total. The van der Waals surface area contributed by atoms with E-state index in [-0.39, 0.29) is 18.2 Å². The summed E-state index contributed by atoms with van der Waals surface area (Å²) in [6.07, 6.45) is 1.58. The number of amides is 1. The number of esters is 1. The molecule has 0 aliphatic rings. The van der Waals surface area contributed by atoms with Crippen molar-refractivity contribution in [1.29, 1.82) is 0 Å². The first kappa shape index (κ1) is 23.9. The first-order valence-corrected chi connectivity index (χ1v) is 10.8. The van der Waals surface area contributed by atoms with Gasteiger partial charge in [0.1, 0.15) is 12.1 Å². The zero-order chi connectivity index (χ0) is 22.3. The van der Waals surface area contributed by atoms with E-state index in [0.29, 0.717) is 36.4 Å². The largest absolute Gasteiger partial charge is 0.461 e. The van der Waals surface area contributed by atoms with E-state index in [4.69, 9.17) is 9.15 Å². The molecule has 0 atom stereocenters. The van der Waals surface area contributed by atoms with Gasteiger partial charge in [-0.05, 0) is 53.9 Å². The number of likely N-dealkylation sites (N-methyl/N-ethyl adjacent to an activating group) is 1. The molecule has 0 saturated heterocycles. The molecule has 0 radical (unpaired) electrons. The summed E-state index contributed by atoms with van der Waals surface area (Å²) in [6.45, 7) is 9.04. The highest BCUT2D eigenvalue weighted by molar-refractivity contribution is 7.99. The number of hydrogen-bond acceptors (Lipinski definition) is 8. The summed E-state index contributed by atoms with van der Waals surface area (Å²) >= 11 is 1.29. The summed E-state index contributed by atoms with van der Waals surface area (Å²) < 4.78 is 12.7. The Morgan fingerprint density at radius 3 is 2.53 bits per heavy atom. The van der Waals surface area contributed by atoms with Crippen LogP contribution in [0.3, 0.4) is 0 Å². The van der Waals surface area contributed by atoms with Gasteiger partial charge in [0.2, 0.25) is 5.91 Å². The van der Waals surface area contributed by atoms with Crippen molar-refractivity contribution in [2.75, 3.05) is 39.5 Å². The van der Waals surface area contributed by atoms with Crippen molar-refractivity contribution in [3.63, 3.8) is 0 Å². The van der Waals surface area contributed by atoms with E-state index in [1.807, 2.05) is 36.6 Å². The maximum absolute atomic E-state index is 12.9. The monoisotopic (exact) mass is 437 g/mol. The second-order valence-corrected chi connectivity index (χ2v) is 8.96. The van der Waals surface area contributed by atoms with Gasteiger partial charge in [0, 0.05) is 19.6 Å². The highest BCUT2D eigenvalue weighted by Crippen LogP contribution is 2.24. The standard InChI is InChI=1S/C20H31N5O4S/c1-7-25-18(15-9-8-12-28-15)21-22-19(25)30-14-16(26)24(11-10-23(5)6)13-17(27)29-20(2,3)4/h8-9,12H,7,10-11,13-14H2,1-6H3. The Morgan fingerprint density at radius 1 is 1.23 bits per heavy atom. The Labute approximate surface area is 181 Å². The quantitative estimate of drug-likeness (QED) is 0.413. The maximum atomic E-state index is 12.9. The molecule has 0 fully saturated rings. The number of ether oxygens (including phenoxy) is 1. The van der Waals surface area contributed by atoms with Gasteiger partial charge in [-0.2, -0.15) is 0 Å². The van der Waals surface area contributed by atoms with Gasteiger partial charge in [-0.3, -0.25) is 14.2 Å². The van der Waals surface area contributed by atoms with Gasteiger partial charge in [0.25, 0.3) is 0 Å². The van der Waals surface area contributed by atoms with Crippen molar-refractivity contribution in [2.45, 2.75) is 45.0 Å². The molecule has 0 aliphatic heterocycles. The van der Waals surface area contributed by atoms with Crippen LogP contribution in [0.1, 0.15) is 27.7 Å². The third-order valence-electron chi connectivity index (χ3n) is 4.01. The molecule has 2 aromatic heterocycles. The van der Waals surface area contributed by atoms with Crippen LogP contribution in [0, 0.1) is 0 Å². The first-order chi connectivity index (χ1) is 14.1. The van der Waals surface area contributed by atoms with Gasteiger partial charge < -0.3 is 19.0 Å². The fourth-order valence-electron chi connectivity index (χ4n) is 2.63. The molecule has 0 aliphatic carbocycles. The normalized spacial score (nSPS) is 11.7. The molecule has 0 spiro atoms. The van der Waals surface area contributed by atoms with Gasteiger partial charge in [0.05, 0.1) is 12.0 Å². The Balaban J connectivity index is 2.05. The molecule has 166 valence electrons. The average Bonchev–Trinajstić information content (AvgIpc) is 3.30. The molecule has 2 rings (SSSR count). The van der Waals surface area contributed by atoms with Crippen molar-refractivity contribution >= 4 is 23.6 Å². The van der Waals surface area contributed by atoms with Crippen molar-refractivity contribution in [3.05, 3.63) is 18.4 Å². The van der Waals surface area contributed by atoms with Crippen molar-refractivity contribution in [3.8, 4) is 11.6 Å². The van der Waals surface area contributed by atoms with Crippen molar-refractivity contribution in [2.24, 2.45) is 0 Å². The molecule has 0 saturated carbocycles. The van der Waals surface area contributed by atoms with Crippen LogP contribution in [0.2, 0.25) is 0 Å². The van der Waals surface area contributed by atoms with E-state index in [9.17, 15) is 9.59 Å². The van der Waals surface area contributed by atoms with Gasteiger partial charge >= 0.3 is 5.97 Å².